The smallest absolute Gasteiger partial charge is 0.195 e. The number of hydrogen-bond donors (Lipinski definition) is 0. The minimum Gasteiger partial charge on any atom is -0.285 e. The van der Waals surface area contributed by atoms with Crippen molar-refractivity contribution in [1.82, 2.24) is 24.5 Å². The van der Waals surface area contributed by atoms with Crippen molar-refractivity contribution in [2.75, 3.05) is 0 Å². The van der Waals surface area contributed by atoms with Crippen LogP contribution in [-0.2, 0) is 0 Å². The highest BCUT2D eigenvalue weighted by Crippen LogP contribution is 2.37. The van der Waals surface area contributed by atoms with Crippen molar-refractivity contribution in [2.45, 2.75) is 0 Å². The van der Waals surface area contributed by atoms with E-state index in [9.17, 15) is 0 Å². The van der Waals surface area contributed by atoms with E-state index in [2.05, 4.69) is 108 Å². The summed E-state index contributed by atoms with van der Waals surface area (Å²) >= 11 is 1.70. The van der Waals surface area contributed by atoms with Gasteiger partial charge in [0.15, 0.2) is 22.6 Å². The topological polar surface area (TPSA) is 56.5 Å². The maximum absolute atomic E-state index is 5.10. The van der Waals surface area contributed by atoms with Gasteiger partial charge in [-0.15, -0.1) is 0 Å². The van der Waals surface area contributed by atoms with Gasteiger partial charge in [-0.25, -0.2) is 19.9 Å². The summed E-state index contributed by atoms with van der Waals surface area (Å²) in [7, 11) is 0. The zero-order chi connectivity index (χ0) is 29.0. The van der Waals surface area contributed by atoms with Crippen LogP contribution >= 0.6 is 11.3 Å². The first-order valence-corrected chi connectivity index (χ1v) is 15.3. The average Bonchev–Trinajstić information content (AvgIpc) is 3.67. The Balaban J connectivity index is 1.30. The van der Waals surface area contributed by atoms with E-state index in [1.165, 1.54) is 5.39 Å². The Bertz CT molecular complexity index is 2470. The summed E-state index contributed by atoms with van der Waals surface area (Å²) in [6.07, 6.45) is 0. The Morgan fingerprint density at radius 1 is 0.455 bits per heavy atom. The van der Waals surface area contributed by atoms with Crippen LogP contribution in [0.25, 0.3) is 82.1 Å². The van der Waals surface area contributed by atoms with E-state index < -0.39 is 0 Å². The van der Waals surface area contributed by atoms with Crippen LogP contribution in [0.5, 0.6) is 0 Å². The molecular weight excluding hydrogens is 559 g/mol. The van der Waals surface area contributed by atoms with E-state index in [1.54, 1.807) is 11.3 Å². The highest BCUT2D eigenvalue weighted by molar-refractivity contribution is 7.20. The molecule has 3 heterocycles. The summed E-state index contributed by atoms with van der Waals surface area (Å²) in [5, 5.41) is 5.54. The van der Waals surface area contributed by atoms with Crippen molar-refractivity contribution in [3.8, 4) is 39.3 Å². The van der Waals surface area contributed by atoms with Gasteiger partial charge in [-0.3, -0.25) is 4.57 Å². The van der Waals surface area contributed by atoms with Gasteiger partial charge in [0.05, 0.1) is 21.3 Å². The Morgan fingerprint density at radius 3 is 2.02 bits per heavy atom. The molecule has 0 saturated carbocycles. The van der Waals surface area contributed by atoms with E-state index in [-0.39, 0.29) is 0 Å². The molecule has 6 heteroatoms. The fraction of sp³-hybridized carbons (Fsp3) is 0. The number of nitrogens with zero attached hydrogens (tertiary/aromatic N) is 5. The van der Waals surface area contributed by atoms with Gasteiger partial charge in [0, 0.05) is 27.5 Å². The van der Waals surface area contributed by atoms with Crippen LogP contribution in [0.1, 0.15) is 0 Å². The molecule has 0 radical (unpaired) electrons. The molecule has 9 rings (SSSR count). The van der Waals surface area contributed by atoms with Gasteiger partial charge >= 0.3 is 0 Å². The summed E-state index contributed by atoms with van der Waals surface area (Å²) in [5.74, 6) is 1.92. The number of thiazole rings is 1. The number of hydrogen-bond acceptors (Lipinski definition) is 5. The first-order valence-electron chi connectivity index (χ1n) is 14.5. The molecule has 0 aliphatic heterocycles. The van der Waals surface area contributed by atoms with Gasteiger partial charge < -0.3 is 0 Å². The maximum atomic E-state index is 5.10. The lowest BCUT2D eigenvalue weighted by atomic mass is 10.0. The minimum absolute atomic E-state index is 0.629. The summed E-state index contributed by atoms with van der Waals surface area (Å²) in [5.41, 5.74) is 6.03. The van der Waals surface area contributed by atoms with Gasteiger partial charge in [-0.1, -0.05) is 127 Å². The highest BCUT2D eigenvalue weighted by Gasteiger charge is 2.18. The molecule has 0 spiro atoms. The standard InChI is InChI=1S/C38H23N5S/c1-2-12-25(13-3-1)35-40-36(42-37(41-35)30-17-10-14-24-11-4-5-15-27(24)30)26-21-22-29-28-16-6-8-19-32(28)43(33(29)23-26)38-39-31-18-7-9-20-34(31)44-38/h1-23H. The van der Waals surface area contributed by atoms with Crippen LogP contribution < -0.4 is 0 Å². The lowest BCUT2D eigenvalue weighted by Crippen LogP contribution is -2.01. The van der Waals surface area contributed by atoms with Crippen molar-refractivity contribution in [3.05, 3.63) is 140 Å². The van der Waals surface area contributed by atoms with Gasteiger partial charge in [0.25, 0.3) is 0 Å². The number of aromatic nitrogens is 5. The zero-order valence-corrected chi connectivity index (χ0v) is 24.2. The third kappa shape index (κ3) is 4.00. The first kappa shape index (κ1) is 24.8. The molecule has 0 amide bonds. The molecule has 0 aliphatic rings. The summed E-state index contributed by atoms with van der Waals surface area (Å²) in [6, 6.07) is 48.0. The van der Waals surface area contributed by atoms with E-state index in [1.807, 2.05) is 36.4 Å². The van der Waals surface area contributed by atoms with Crippen molar-refractivity contribution < 1.29 is 0 Å². The Morgan fingerprint density at radius 2 is 1.14 bits per heavy atom. The fourth-order valence-electron chi connectivity index (χ4n) is 6.03. The van der Waals surface area contributed by atoms with Gasteiger partial charge in [0.2, 0.25) is 0 Å². The van der Waals surface area contributed by atoms with Crippen molar-refractivity contribution >= 4 is 54.1 Å². The SMILES string of the molecule is c1ccc(-c2nc(-c3ccc4c5ccccc5n(-c5nc6ccccc6s5)c4c3)nc(-c3cccc4ccccc34)n2)cc1. The average molecular weight is 582 g/mol. The second-order valence-corrected chi connectivity index (χ2v) is 11.8. The third-order valence-electron chi connectivity index (χ3n) is 8.10. The van der Waals surface area contributed by atoms with Gasteiger partial charge in [0.1, 0.15) is 0 Å². The largest absolute Gasteiger partial charge is 0.285 e. The first-order chi connectivity index (χ1) is 21.8. The fourth-order valence-corrected chi connectivity index (χ4v) is 7.03. The Labute approximate surface area is 256 Å². The summed E-state index contributed by atoms with van der Waals surface area (Å²) in [4.78, 5) is 20.2. The van der Waals surface area contributed by atoms with E-state index >= 15 is 0 Å². The molecule has 0 bridgehead atoms. The highest BCUT2D eigenvalue weighted by atomic mass is 32.1. The van der Waals surface area contributed by atoms with Crippen molar-refractivity contribution in [3.63, 3.8) is 0 Å². The van der Waals surface area contributed by atoms with Crippen LogP contribution in [0.3, 0.4) is 0 Å². The summed E-state index contributed by atoms with van der Waals surface area (Å²) < 4.78 is 3.43. The van der Waals surface area contributed by atoms with Gasteiger partial charge in [-0.2, -0.15) is 0 Å². The quantitative estimate of drug-likeness (QED) is 0.208. The lowest BCUT2D eigenvalue weighted by Gasteiger charge is -2.11. The lowest BCUT2D eigenvalue weighted by molar-refractivity contribution is 1.08. The molecule has 44 heavy (non-hydrogen) atoms. The Kier molecular flexibility index (Phi) is 5.61. The minimum atomic E-state index is 0.629. The predicted octanol–water partition coefficient (Wildman–Crippen LogP) is 9.73. The molecule has 3 aromatic heterocycles. The molecule has 0 saturated heterocycles. The maximum Gasteiger partial charge on any atom is 0.195 e. The second kappa shape index (κ2) is 9.93. The van der Waals surface area contributed by atoms with Gasteiger partial charge in [-0.05, 0) is 35.0 Å². The molecule has 0 aliphatic carbocycles. The van der Waals surface area contributed by atoms with E-state index in [0.29, 0.717) is 17.5 Å². The van der Waals surface area contributed by atoms with Crippen LogP contribution in [0.4, 0.5) is 0 Å². The van der Waals surface area contributed by atoms with Crippen LogP contribution in [0, 0.1) is 0 Å². The molecular formula is C38H23N5S. The Hall–Kier alpha value is -5.72. The van der Waals surface area contributed by atoms with Crippen molar-refractivity contribution in [2.24, 2.45) is 0 Å². The number of fused-ring (bicyclic) bond motifs is 5. The number of benzene rings is 6. The predicted molar refractivity (Wildman–Crippen MR) is 181 cm³/mol. The number of para-hydroxylation sites is 2. The molecule has 0 unspecified atom stereocenters. The molecule has 5 nitrogen and oxygen atoms in total. The molecule has 0 N–H and O–H groups in total. The monoisotopic (exact) mass is 581 g/mol. The third-order valence-corrected chi connectivity index (χ3v) is 9.13. The normalized spacial score (nSPS) is 11.6. The second-order valence-electron chi connectivity index (χ2n) is 10.7. The van der Waals surface area contributed by atoms with Crippen molar-refractivity contribution in [1.29, 1.82) is 0 Å². The van der Waals surface area contributed by atoms with Crippen LogP contribution in [-0.4, -0.2) is 24.5 Å². The zero-order valence-electron chi connectivity index (χ0n) is 23.4. The molecule has 9 aromatic rings. The molecule has 6 aromatic carbocycles. The molecule has 0 fully saturated rings. The van der Waals surface area contributed by atoms with Crippen LogP contribution in [0.2, 0.25) is 0 Å². The molecule has 206 valence electrons. The molecule has 0 atom stereocenters. The summed E-state index contributed by atoms with van der Waals surface area (Å²) in [6.45, 7) is 0. The number of rotatable bonds is 4. The van der Waals surface area contributed by atoms with E-state index in [4.69, 9.17) is 19.9 Å². The van der Waals surface area contributed by atoms with E-state index in [0.717, 1.165) is 59.2 Å². The van der Waals surface area contributed by atoms with Crippen LogP contribution in [0.15, 0.2) is 140 Å².